The molecule has 2 rings (SSSR count). The summed E-state index contributed by atoms with van der Waals surface area (Å²) in [4.78, 5) is 0. The summed E-state index contributed by atoms with van der Waals surface area (Å²) in [5.74, 6) is 0. The van der Waals surface area contributed by atoms with Crippen molar-refractivity contribution in [2.45, 2.75) is 19.3 Å². The second-order valence-electron chi connectivity index (χ2n) is 4.98. The molecule has 88 valence electrons. The Labute approximate surface area is 104 Å². The van der Waals surface area contributed by atoms with E-state index in [9.17, 15) is 0 Å². The molecule has 0 saturated carbocycles. The molecule has 0 radical (unpaired) electrons. The van der Waals surface area contributed by atoms with Crippen molar-refractivity contribution in [1.82, 2.24) is 5.32 Å². The van der Waals surface area contributed by atoms with Crippen LogP contribution in [-0.2, 0) is 5.41 Å². The van der Waals surface area contributed by atoms with E-state index in [0.29, 0.717) is 0 Å². The molecule has 17 heavy (non-hydrogen) atoms. The molecule has 0 aliphatic heterocycles. The Morgan fingerprint density at radius 2 is 1.94 bits per heavy atom. The lowest BCUT2D eigenvalue weighted by Crippen LogP contribution is -2.16. The molecule has 1 heteroatoms. The van der Waals surface area contributed by atoms with Crippen LogP contribution in [0.15, 0.2) is 54.8 Å². The van der Waals surface area contributed by atoms with Crippen LogP contribution in [-0.4, -0.2) is 7.05 Å². The molecule has 1 aliphatic rings. The third kappa shape index (κ3) is 1.72. The number of fused-ring (bicyclic) bond motifs is 1. The summed E-state index contributed by atoms with van der Waals surface area (Å²) >= 11 is 0. The van der Waals surface area contributed by atoms with Gasteiger partial charge in [-0.1, -0.05) is 51.3 Å². The van der Waals surface area contributed by atoms with Crippen molar-refractivity contribution in [3.8, 4) is 0 Å². The van der Waals surface area contributed by atoms with E-state index in [1.807, 2.05) is 7.05 Å². The molecule has 0 heterocycles. The van der Waals surface area contributed by atoms with Crippen LogP contribution in [0.5, 0.6) is 0 Å². The predicted octanol–water partition coefficient (Wildman–Crippen LogP) is 3.65. The molecule has 0 aromatic heterocycles. The fraction of sp³-hybridized carbons (Fsp3) is 0.250. The van der Waals surface area contributed by atoms with Crippen LogP contribution in [0, 0.1) is 0 Å². The standard InChI is InChI=1S/C16H19N/c1-11(17-5)10-15-12(2)13-8-6-7-9-14(13)16(15,3)4/h6-10,17H,1-2H2,3-5H3/b15-10+. The smallest absolute Gasteiger partial charge is 0.0267 e. The highest BCUT2D eigenvalue weighted by Crippen LogP contribution is 2.48. The molecule has 0 amide bonds. The monoisotopic (exact) mass is 225 g/mol. The fourth-order valence-electron chi connectivity index (χ4n) is 2.47. The minimum absolute atomic E-state index is 0.00741. The molecule has 0 atom stereocenters. The zero-order chi connectivity index (χ0) is 12.6. The van der Waals surface area contributed by atoms with Crippen LogP contribution >= 0.6 is 0 Å². The van der Waals surface area contributed by atoms with Gasteiger partial charge in [-0.2, -0.15) is 0 Å². The summed E-state index contributed by atoms with van der Waals surface area (Å²) in [6.07, 6.45) is 2.10. The third-order valence-corrected chi connectivity index (χ3v) is 3.56. The minimum Gasteiger partial charge on any atom is -0.389 e. The van der Waals surface area contributed by atoms with Gasteiger partial charge in [0.1, 0.15) is 0 Å². The second kappa shape index (κ2) is 3.92. The van der Waals surface area contributed by atoms with E-state index in [4.69, 9.17) is 0 Å². The lowest BCUT2D eigenvalue weighted by atomic mass is 9.82. The average molecular weight is 225 g/mol. The van der Waals surface area contributed by atoms with Crippen molar-refractivity contribution < 1.29 is 0 Å². The van der Waals surface area contributed by atoms with Crippen LogP contribution in [0.25, 0.3) is 5.57 Å². The first-order chi connectivity index (χ1) is 7.98. The molecule has 1 aliphatic carbocycles. The van der Waals surface area contributed by atoms with E-state index < -0.39 is 0 Å². The topological polar surface area (TPSA) is 12.0 Å². The van der Waals surface area contributed by atoms with Crippen LogP contribution in [0.1, 0.15) is 25.0 Å². The number of hydrogen-bond acceptors (Lipinski definition) is 1. The molecule has 0 spiro atoms. The number of hydrogen-bond donors (Lipinski definition) is 1. The summed E-state index contributed by atoms with van der Waals surface area (Å²) in [6.45, 7) is 12.7. The molecule has 0 fully saturated rings. The van der Waals surface area contributed by atoms with E-state index in [1.165, 1.54) is 16.7 Å². The Balaban J connectivity index is 2.58. The third-order valence-electron chi connectivity index (χ3n) is 3.56. The van der Waals surface area contributed by atoms with Crippen LogP contribution in [0.3, 0.4) is 0 Å². The molecule has 1 aromatic rings. The number of rotatable bonds is 2. The minimum atomic E-state index is 0.00741. The van der Waals surface area contributed by atoms with E-state index in [1.54, 1.807) is 0 Å². The van der Waals surface area contributed by atoms with Gasteiger partial charge in [-0.15, -0.1) is 0 Å². The lowest BCUT2D eigenvalue weighted by molar-refractivity contribution is 0.659. The molecule has 1 aromatic carbocycles. The summed E-state index contributed by atoms with van der Waals surface area (Å²) in [6, 6.07) is 8.48. The Hall–Kier alpha value is -1.76. The van der Waals surface area contributed by atoms with Gasteiger partial charge in [-0.05, 0) is 28.3 Å². The number of likely N-dealkylation sites (N-methyl/N-ethyl adjacent to an activating group) is 1. The fourth-order valence-corrected chi connectivity index (χ4v) is 2.47. The average Bonchev–Trinajstić information content (AvgIpc) is 2.51. The van der Waals surface area contributed by atoms with Gasteiger partial charge in [-0.25, -0.2) is 0 Å². The summed E-state index contributed by atoms with van der Waals surface area (Å²) in [5, 5.41) is 3.06. The Kier molecular flexibility index (Phi) is 2.70. The lowest BCUT2D eigenvalue weighted by Gasteiger charge is -2.22. The van der Waals surface area contributed by atoms with Gasteiger partial charge in [-0.3, -0.25) is 0 Å². The zero-order valence-electron chi connectivity index (χ0n) is 10.8. The van der Waals surface area contributed by atoms with Gasteiger partial charge in [0.15, 0.2) is 0 Å². The molecule has 1 N–H and O–H groups in total. The SMILES string of the molecule is C=C(/C=C1\C(=C)c2ccccc2C1(C)C)NC. The van der Waals surface area contributed by atoms with Crippen molar-refractivity contribution in [1.29, 1.82) is 0 Å². The molecule has 0 saturated heterocycles. The van der Waals surface area contributed by atoms with Crippen LogP contribution < -0.4 is 5.32 Å². The van der Waals surface area contributed by atoms with Crippen molar-refractivity contribution in [3.05, 3.63) is 65.9 Å². The van der Waals surface area contributed by atoms with E-state index >= 15 is 0 Å². The first kappa shape index (κ1) is 11.7. The van der Waals surface area contributed by atoms with Crippen molar-refractivity contribution >= 4 is 5.57 Å². The van der Waals surface area contributed by atoms with Gasteiger partial charge in [0.2, 0.25) is 0 Å². The maximum absolute atomic E-state index is 4.22. The Bertz CT molecular complexity index is 518. The molecule has 1 nitrogen and oxygen atoms in total. The molecular weight excluding hydrogens is 206 g/mol. The highest BCUT2D eigenvalue weighted by atomic mass is 14.8. The van der Waals surface area contributed by atoms with E-state index in [0.717, 1.165) is 11.3 Å². The van der Waals surface area contributed by atoms with E-state index in [2.05, 4.69) is 62.7 Å². The normalized spacial score (nSPS) is 19.2. The van der Waals surface area contributed by atoms with Crippen molar-refractivity contribution in [3.63, 3.8) is 0 Å². The first-order valence-electron chi connectivity index (χ1n) is 5.86. The van der Waals surface area contributed by atoms with Crippen molar-refractivity contribution in [2.24, 2.45) is 0 Å². The molecular formula is C16H19N. The quantitative estimate of drug-likeness (QED) is 0.810. The summed E-state index contributed by atoms with van der Waals surface area (Å²) < 4.78 is 0. The number of benzene rings is 1. The molecule has 0 bridgehead atoms. The van der Waals surface area contributed by atoms with Gasteiger partial charge < -0.3 is 5.32 Å². The Morgan fingerprint density at radius 1 is 1.29 bits per heavy atom. The zero-order valence-corrected chi connectivity index (χ0v) is 10.8. The first-order valence-corrected chi connectivity index (χ1v) is 5.86. The van der Waals surface area contributed by atoms with Gasteiger partial charge >= 0.3 is 0 Å². The largest absolute Gasteiger partial charge is 0.389 e. The number of allylic oxidation sites excluding steroid dienone is 3. The van der Waals surface area contributed by atoms with Crippen molar-refractivity contribution in [2.75, 3.05) is 7.05 Å². The highest BCUT2D eigenvalue weighted by Gasteiger charge is 2.36. The van der Waals surface area contributed by atoms with Gasteiger partial charge in [0.05, 0.1) is 0 Å². The Morgan fingerprint density at radius 3 is 2.53 bits per heavy atom. The van der Waals surface area contributed by atoms with E-state index in [-0.39, 0.29) is 5.41 Å². The predicted molar refractivity (Wildman–Crippen MR) is 74.8 cm³/mol. The number of nitrogens with one attached hydrogen (secondary N) is 1. The van der Waals surface area contributed by atoms with Gasteiger partial charge in [0, 0.05) is 18.2 Å². The summed E-state index contributed by atoms with van der Waals surface area (Å²) in [5.41, 5.74) is 5.89. The van der Waals surface area contributed by atoms with Crippen LogP contribution in [0.4, 0.5) is 0 Å². The maximum Gasteiger partial charge on any atom is 0.0267 e. The molecule has 0 unspecified atom stereocenters. The maximum atomic E-state index is 4.22. The second-order valence-corrected chi connectivity index (χ2v) is 4.98. The van der Waals surface area contributed by atoms with Crippen LogP contribution in [0.2, 0.25) is 0 Å². The van der Waals surface area contributed by atoms with Gasteiger partial charge in [0.25, 0.3) is 0 Å². The highest BCUT2D eigenvalue weighted by molar-refractivity contribution is 5.88. The summed E-state index contributed by atoms with van der Waals surface area (Å²) in [7, 11) is 1.89.